The lowest BCUT2D eigenvalue weighted by Crippen LogP contribution is -2.29. The molecule has 0 aliphatic carbocycles. The van der Waals surface area contributed by atoms with E-state index >= 15 is 0 Å². The molecule has 1 rings (SSSR count). The summed E-state index contributed by atoms with van der Waals surface area (Å²) in [5.41, 5.74) is 1.14. The molecule has 0 aromatic rings. The van der Waals surface area contributed by atoms with E-state index in [0.29, 0.717) is 5.17 Å². The number of halogens is 1. The van der Waals surface area contributed by atoms with Crippen molar-refractivity contribution < 1.29 is 0 Å². The van der Waals surface area contributed by atoms with Crippen molar-refractivity contribution in [2.24, 2.45) is 5.10 Å². The number of hydrogen-bond acceptors (Lipinski definition) is 3. The van der Waals surface area contributed by atoms with Crippen LogP contribution in [0.4, 0.5) is 0 Å². The quantitative estimate of drug-likeness (QED) is 0.523. The number of nitrogens with zero attached hydrogens (tertiary/aromatic N) is 2. The molecule has 1 aliphatic rings. The van der Waals surface area contributed by atoms with E-state index in [1.165, 1.54) is 51.4 Å². The van der Waals surface area contributed by atoms with Gasteiger partial charge in [-0.15, -0.1) is 17.0 Å². The maximum atomic E-state index is 7.83. The van der Waals surface area contributed by atoms with E-state index in [2.05, 4.69) is 12.0 Å². The Morgan fingerprint density at radius 2 is 1.60 bits per heavy atom. The largest absolute Gasteiger partial charge is 0.277 e. The predicted molar refractivity (Wildman–Crippen MR) is 97.5 cm³/mol. The van der Waals surface area contributed by atoms with Gasteiger partial charge in [-0.3, -0.25) is 5.41 Å². The number of amidine groups is 1. The second kappa shape index (κ2) is 12.7. The fraction of sp³-hybridized carbons (Fsp3) is 0.867. The lowest BCUT2D eigenvalue weighted by atomic mass is 10.1. The van der Waals surface area contributed by atoms with Gasteiger partial charge < -0.3 is 0 Å². The summed E-state index contributed by atoms with van der Waals surface area (Å²) in [5.74, 6) is 0.882. The molecular formula is C15H30BrN3S. The number of hydrazone groups is 1. The first kappa shape index (κ1) is 20.0. The smallest absolute Gasteiger partial charge is 0.177 e. The molecule has 20 heavy (non-hydrogen) atoms. The first-order valence-corrected chi connectivity index (χ1v) is 8.75. The second-order valence-electron chi connectivity index (χ2n) is 5.38. The molecule has 0 spiro atoms. The summed E-state index contributed by atoms with van der Waals surface area (Å²) in [4.78, 5) is 0. The van der Waals surface area contributed by atoms with Crippen LogP contribution in [-0.4, -0.2) is 28.2 Å². The van der Waals surface area contributed by atoms with Gasteiger partial charge in [-0.05, 0) is 13.3 Å². The van der Waals surface area contributed by atoms with Gasteiger partial charge in [0.2, 0.25) is 0 Å². The Morgan fingerprint density at radius 3 is 2.20 bits per heavy atom. The van der Waals surface area contributed by atoms with E-state index in [1.54, 1.807) is 11.8 Å². The van der Waals surface area contributed by atoms with Gasteiger partial charge >= 0.3 is 0 Å². The molecule has 3 nitrogen and oxygen atoms in total. The fourth-order valence-electron chi connectivity index (χ4n) is 2.25. The molecule has 0 unspecified atom stereocenters. The van der Waals surface area contributed by atoms with Crippen LogP contribution in [0.1, 0.15) is 71.6 Å². The van der Waals surface area contributed by atoms with Gasteiger partial charge in [-0.2, -0.15) is 5.10 Å². The highest BCUT2D eigenvalue weighted by Crippen LogP contribution is 2.16. The fourth-order valence-corrected chi connectivity index (χ4v) is 2.94. The number of rotatable bonds is 10. The monoisotopic (exact) mass is 363 g/mol. The zero-order valence-corrected chi connectivity index (χ0v) is 15.5. The summed E-state index contributed by atoms with van der Waals surface area (Å²) in [6.07, 6.45) is 12.1. The standard InChI is InChI=1S/C15H29N3S.BrH/c1-3-4-5-6-7-8-9-10-11-12-18-15(16)19-13-14(2)17-18;/h16H,3-13H2,1-2H3;1H. The van der Waals surface area contributed by atoms with E-state index < -0.39 is 0 Å². The first-order chi connectivity index (χ1) is 9.24. The van der Waals surface area contributed by atoms with Gasteiger partial charge in [0.15, 0.2) is 5.17 Å². The Labute approximate surface area is 139 Å². The van der Waals surface area contributed by atoms with Crippen LogP contribution < -0.4 is 0 Å². The van der Waals surface area contributed by atoms with Crippen LogP contribution in [0.25, 0.3) is 0 Å². The molecule has 0 amide bonds. The SMILES string of the molecule is Br.CCCCCCCCCCCN1N=C(C)CSC1=N. The van der Waals surface area contributed by atoms with Gasteiger partial charge in [-0.25, -0.2) is 5.01 Å². The zero-order chi connectivity index (χ0) is 13.9. The summed E-state index contributed by atoms with van der Waals surface area (Å²) < 4.78 is 0. The number of unbranched alkanes of at least 4 members (excludes halogenated alkanes) is 8. The maximum absolute atomic E-state index is 7.83. The molecule has 0 saturated carbocycles. The van der Waals surface area contributed by atoms with Crippen LogP contribution in [0.15, 0.2) is 5.10 Å². The predicted octanol–water partition coefficient (Wildman–Crippen LogP) is 5.45. The molecule has 1 aliphatic heterocycles. The molecule has 5 heteroatoms. The Kier molecular flexibility index (Phi) is 12.7. The van der Waals surface area contributed by atoms with Crippen LogP contribution >= 0.6 is 28.7 Å². The minimum Gasteiger partial charge on any atom is -0.277 e. The van der Waals surface area contributed by atoms with Gasteiger partial charge in [-0.1, -0.05) is 70.1 Å². The van der Waals surface area contributed by atoms with E-state index in [1.807, 2.05) is 11.9 Å². The Balaban J connectivity index is 0.00000361. The van der Waals surface area contributed by atoms with Crippen molar-refractivity contribution in [3.63, 3.8) is 0 Å². The molecule has 1 heterocycles. The Hall–Kier alpha value is -0.0300. The van der Waals surface area contributed by atoms with Crippen LogP contribution in [0.2, 0.25) is 0 Å². The molecule has 0 fully saturated rings. The summed E-state index contributed by atoms with van der Waals surface area (Å²) >= 11 is 1.59. The number of hydrogen-bond donors (Lipinski definition) is 1. The molecule has 0 aromatic carbocycles. The van der Waals surface area contributed by atoms with Gasteiger partial charge in [0.25, 0.3) is 0 Å². The average molecular weight is 364 g/mol. The second-order valence-corrected chi connectivity index (χ2v) is 6.34. The summed E-state index contributed by atoms with van der Waals surface area (Å²) in [7, 11) is 0. The van der Waals surface area contributed by atoms with E-state index in [0.717, 1.165) is 24.4 Å². The molecule has 0 aromatic heterocycles. The van der Waals surface area contributed by atoms with E-state index in [4.69, 9.17) is 5.41 Å². The minimum absolute atomic E-state index is 0. The van der Waals surface area contributed by atoms with E-state index in [-0.39, 0.29) is 17.0 Å². The normalized spacial score (nSPS) is 15.0. The third-order valence-electron chi connectivity index (χ3n) is 3.42. The van der Waals surface area contributed by atoms with Crippen molar-refractivity contribution in [2.45, 2.75) is 71.6 Å². The topological polar surface area (TPSA) is 39.5 Å². The maximum Gasteiger partial charge on any atom is 0.177 e. The van der Waals surface area contributed by atoms with Crippen LogP contribution in [0, 0.1) is 5.41 Å². The highest BCUT2D eigenvalue weighted by atomic mass is 79.9. The zero-order valence-electron chi connectivity index (χ0n) is 13.0. The molecule has 1 N–H and O–H groups in total. The average Bonchev–Trinajstić information content (AvgIpc) is 2.40. The molecule has 0 saturated heterocycles. The summed E-state index contributed by atoms with van der Waals surface area (Å²) in [6.45, 7) is 5.22. The molecule has 0 atom stereocenters. The van der Waals surface area contributed by atoms with Crippen molar-refractivity contribution in [1.29, 1.82) is 5.41 Å². The third kappa shape index (κ3) is 9.01. The van der Waals surface area contributed by atoms with Crippen molar-refractivity contribution in [3.8, 4) is 0 Å². The Bertz CT molecular complexity index is 295. The summed E-state index contributed by atoms with van der Waals surface area (Å²) in [6, 6.07) is 0. The van der Waals surface area contributed by atoms with Crippen molar-refractivity contribution in [3.05, 3.63) is 0 Å². The van der Waals surface area contributed by atoms with Gasteiger partial charge in [0, 0.05) is 18.0 Å². The van der Waals surface area contributed by atoms with Crippen molar-refractivity contribution in [1.82, 2.24) is 5.01 Å². The molecular weight excluding hydrogens is 334 g/mol. The van der Waals surface area contributed by atoms with Crippen LogP contribution in [-0.2, 0) is 0 Å². The van der Waals surface area contributed by atoms with E-state index in [9.17, 15) is 0 Å². The highest BCUT2D eigenvalue weighted by molar-refractivity contribution is 8.93. The van der Waals surface area contributed by atoms with Crippen LogP contribution in [0.5, 0.6) is 0 Å². The minimum atomic E-state index is 0. The first-order valence-electron chi connectivity index (χ1n) is 7.77. The number of thioether (sulfide) groups is 1. The van der Waals surface area contributed by atoms with Crippen molar-refractivity contribution >= 4 is 39.6 Å². The lowest BCUT2D eigenvalue weighted by Gasteiger charge is -2.23. The number of nitrogens with one attached hydrogen (secondary N) is 1. The molecule has 0 bridgehead atoms. The molecule has 118 valence electrons. The lowest BCUT2D eigenvalue weighted by molar-refractivity contribution is 0.423. The van der Waals surface area contributed by atoms with Gasteiger partial charge in [0.05, 0.1) is 0 Å². The molecule has 0 radical (unpaired) electrons. The highest BCUT2D eigenvalue weighted by Gasteiger charge is 2.14. The Morgan fingerprint density at radius 1 is 1.05 bits per heavy atom. The summed E-state index contributed by atoms with van der Waals surface area (Å²) in [5, 5.41) is 14.7. The third-order valence-corrected chi connectivity index (χ3v) is 4.46. The van der Waals surface area contributed by atoms with Gasteiger partial charge in [0.1, 0.15) is 0 Å². The van der Waals surface area contributed by atoms with Crippen LogP contribution in [0.3, 0.4) is 0 Å². The van der Waals surface area contributed by atoms with Crippen molar-refractivity contribution in [2.75, 3.05) is 12.3 Å².